The molecule has 0 saturated heterocycles. The zero-order valence-electron chi connectivity index (χ0n) is 14.3. The average Bonchev–Trinajstić information content (AvgIpc) is 2.59. The van der Waals surface area contributed by atoms with E-state index in [1.54, 1.807) is 7.11 Å². The summed E-state index contributed by atoms with van der Waals surface area (Å²) in [6.07, 6.45) is 2.14. The first-order valence-corrected chi connectivity index (χ1v) is 8.34. The number of rotatable bonds is 2. The Labute approximate surface area is 142 Å². The predicted molar refractivity (Wildman–Crippen MR) is 93.7 cm³/mol. The number of benzene rings is 1. The van der Waals surface area contributed by atoms with Crippen LogP contribution in [0.4, 0.5) is 5.82 Å². The van der Waals surface area contributed by atoms with Crippen LogP contribution in [0.15, 0.2) is 24.3 Å². The van der Waals surface area contributed by atoms with Gasteiger partial charge in [0, 0.05) is 11.5 Å². The third-order valence-electron chi connectivity index (χ3n) is 6.08. The fourth-order valence-electron chi connectivity index (χ4n) is 4.44. The van der Waals surface area contributed by atoms with Crippen LogP contribution in [0.1, 0.15) is 43.0 Å². The number of nitrogens with zero attached hydrogens (tertiary/aromatic N) is 2. The summed E-state index contributed by atoms with van der Waals surface area (Å²) in [5, 5.41) is 9.67. The van der Waals surface area contributed by atoms with Crippen LogP contribution in [-0.2, 0) is 6.42 Å². The fourth-order valence-corrected chi connectivity index (χ4v) is 4.44. The molecule has 1 saturated carbocycles. The van der Waals surface area contributed by atoms with Gasteiger partial charge in [-0.25, -0.2) is 4.98 Å². The molecule has 5 rings (SSSR count). The Balaban J connectivity index is 1.99. The number of nitrogens with two attached hydrogens (primary N) is 1. The van der Waals surface area contributed by atoms with E-state index in [0.717, 1.165) is 29.0 Å². The molecule has 1 aromatic heterocycles. The molecule has 24 heavy (non-hydrogen) atoms. The van der Waals surface area contributed by atoms with Crippen molar-refractivity contribution in [2.75, 3.05) is 12.8 Å². The van der Waals surface area contributed by atoms with Crippen LogP contribution in [0, 0.1) is 22.7 Å². The normalized spacial score (nSPS) is 22.9. The molecule has 4 nitrogen and oxygen atoms in total. The van der Waals surface area contributed by atoms with E-state index < -0.39 is 0 Å². The summed E-state index contributed by atoms with van der Waals surface area (Å²) in [5.74, 6) is 2.21. The van der Waals surface area contributed by atoms with Crippen LogP contribution >= 0.6 is 0 Å². The van der Waals surface area contributed by atoms with Gasteiger partial charge >= 0.3 is 0 Å². The van der Waals surface area contributed by atoms with Crippen molar-refractivity contribution in [1.82, 2.24) is 4.98 Å². The van der Waals surface area contributed by atoms with Crippen molar-refractivity contribution in [2.45, 2.75) is 32.6 Å². The molecule has 2 N–H and O–H groups in total. The second-order valence-corrected chi connectivity index (χ2v) is 7.47. The number of anilines is 1. The lowest BCUT2D eigenvalue weighted by molar-refractivity contribution is 0.0158. The van der Waals surface area contributed by atoms with E-state index in [1.165, 1.54) is 12.0 Å². The van der Waals surface area contributed by atoms with Crippen LogP contribution in [0.5, 0.6) is 5.75 Å². The summed E-state index contributed by atoms with van der Waals surface area (Å²) in [7, 11) is 1.65. The van der Waals surface area contributed by atoms with Crippen molar-refractivity contribution in [3.8, 4) is 22.9 Å². The highest BCUT2D eigenvalue weighted by atomic mass is 16.5. The zero-order chi connectivity index (χ0) is 17.1. The smallest absolute Gasteiger partial charge is 0.142 e. The molecule has 4 heteroatoms. The van der Waals surface area contributed by atoms with E-state index in [2.05, 4.69) is 24.9 Å². The van der Waals surface area contributed by atoms with Gasteiger partial charge in [-0.15, -0.1) is 0 Å². The third-order valence-corrected chi connectivity index (χ3v) is 6.08. The standard InChI is InChI=1S/C20H21N3O/c1-20(2)12-8-14-17(11-5-4-6-13(7-11)24-3)15(10-21)19(22)23-18(14)16(20)9-12/h4-7,12,16H,8-9H2,1-3H3,(H2,22,23)/t12-,16-/m0/s1. The molecule has 1 heterocycles. The van der Waals surface area contributed by atoms with Gasteiger partial charge in [0.1, 0.15) is 23.2 Å². The molecule has 2 bridgehead atoms. The maximum Gasteiger partial charge on any atom is 0.142 e. The molecule has 3 aliphatic rings. The quantitative estimate of drug-likeness (QED) is 0.911. The molecule has 1 aromatic carbocycles. The zero-order valence-corrected chi connectivity index (χ0v) is 14.3. The predicted octanol–water partition coefficient (Wildman–Crippen LogP) is 3.90. The monoisotopic (exact) mass is 319 g/mol. The number of hydrogen-bond acceptors (Lipinski definition) is 4. The van der Waals surface area contributed by atoms with Gasteiger partial charge in [0.15, 0.2) is 0 Å². The third kappa shape index (κ3) is 1.88. The second-order valence-electron chi connectivity index (χ2n) is 7.47. The van der Waals surface area contributed by atoms with Gasteiger partial charge < -0.3 is 10.5 Å². The first-order valence-electron chi connectivity index (χ1n) is 8.34. The number of nitrogen functional groups attached to an aromatic ring is 1. The van der Waals surface area contributed by atoms with Gasteiger partial charge in [0.05, 0.1) is 12.8 Å². The minimum atomic E-state index is 0.270. The molecule has 0 spiro atoms. The van der Waals surface area contributed by atoms with Gasteiger partial charge in [-0.3, -0.25) is 0 Å². The molecule has 1 fully saturated rings. The minimum Gasteiger partial charge on any atom is -0.497 e. The average molecular weight is 319 g/mol. The van der Waals surface area contributed by atoms with Crippen LogP contribution in [-0.4, -0.2) is 12.1 Å². The van der Waals surface area contributed by atoms with Crippen LogP contribution in [0.25, 0.3) is 11.1 Å². The minimum absolute atomic E-state index is 0.270. The Hall–Kier alpha value is -2.54. The Morgan fingerprint density at radius 1 is 1.38 bits per heavy atom. The SMILES string of the molecule is COc1cccc(-c2c(C#N)c(N)nc3c2C[C@H]2C[C@@H]3C2(C)C)c1. The number of nitriles is 1. The number of hydrogen-bond donors (Lipinski definition) is 1. The summed E-state index contributed by atoms with van der Waals surface area (Å²) in [5.41, 5.74) is 11.2. The van der Waals surface area contributed by atoms with Crippen LogP contribution in [0.3, 0.4) is 0 Å². The van der Waals surface area contributed by atoms with Gasteiger partial charge in [-0.1, -0.05) is 26.0 Å². The molecule has 0 amide bonds. The number of aromatic nitrogens is 1. The van der Waals surface area contributed by atoms with Crippen molar-refractivity contribution < 1.29 is 4.74 Å². The van der Waals surface area contributed by atoms with E-state index in [4.69, 9.17) is 10.5 Å². The Morgan fingerprint density at radius 2 is 2.17 bits per heavy atom. The van der Waals surface area contributed by atoms with Gasteiger partial charge in [0.25, 0.3) is 0 Å². The summed E-state index contributed by atoms with van der Waals surface area (Å²) in [6, 6.07) is 10.1. The van der Waals surface area contributed by atoms with Crippen molar-refractivity contribution >= 4 is 5.82 Å². The molecule has 0 unspecified atom stereocenters. The van der Waals surface area contributed by atoms with Crippen molar-refractivity contribution in [3.05, 3.63) is 41.1 Å². The van der Waals surface area contributed by atoms with Crippen molar-refractivity contribution in [1.29, 1.82) is 5.26 Å². The molecule has 3 aliphatic carbocycles. The van der Waals surface area contributed by atoms with Gasteiger partial charge in [-0.2, -0.15) is 5.26 Å². The topological polar surface area (TPSA) is 71.9 Å². The van der Waals surface area contributed by atoms with E-state index in [0.29, 0.717) is 23.2 Å². The maximum absolute atomic E-state index is 9.67. The molecule has 0 aliphatic heterocycles. The Bertz CT molecular complexity index is 879. The number of pyridine rings is 1. The molecule has 0 radical (unpaired) electrons. The van der Waals surface area contributed by atoms with Gasteiger partial charge in [0.2, 0.25) is 0 Å². The summed E-state index contributed by atoms with van der Waals surface area (Å²) in [6.45, 7) is 4.63. The van der Waals surface area contributed by atoms with Crippen LogP contribution in [0.2, 0.25) is 0 Å². The molecule has 122 valence electrons. The molecule has 2 atom stereocenters. The molecule has 2 aromatic rings. The number of ether oxygens (including phenoxy) is 1. The van der Waals surface area contributed by atoms with E-state index in [1.807, 2.05) is 24.3 Å². The largest absolute Gasteiger partial charge is 0.497 e. The Morgan fingerprint density at radius 3 is 2.83 bits per heavy atom. The first-order chi connectivity index (χ1) is 11.5. The van der Waals surface area contributed by atoms with Crippen molar-refractivity contribution in [2.24, 2.45) is 11.3 Å². The maximum atomic E-state index is 9.67. The lowest BCUT2D eigenvalue weighted by Crippen LogP contribution is -2.48. The lowest BCUT2D eigenvalue weighted by Gasteiger charge is -2.56. The first kappa shape index (κ1) is 15.0. The summed E-state index contributed by atoms with van der Waals surface area (Å²) in [4.78, 5) is 4.65. The molecular formula is C20H21N3O. The molecular weight excluding hydrogens is 298 g/mol. The number of methoxy groups -OCH3 is 1. The van der Waals surface area contributed by atoms with Crippen LogP contribution < -0.4 is 10.5 Å². The van der Waals surface area contributed by atoms with Crippen molar-refractivity contribution in [3.63, 3.8) is 0 Å². The highest BCUT2D eigenvalue weighted by Crippen LogP contribution is 2.63. The highest BCUT2D eigenvalue weighted by molar-refractivity contribution is 5.80. The van der Waals surface area contributed by atoms with E-state index in [9.17, 15) is 5.26 Å². The van der Waals surface area contributed by atoms with E-state index in [-0.39, 0.29) is 5.41 Å². The summed E-state index contributed by atoms with van der Waals surface area (Å²) < 4.78 is 5.36. The fraction of sp³-hybridized carbons (Fsp3) is 0.400. The Kier molecular flexibility index (Phi) is 3.11. The second kappa shape index (κ2) is 4.98. The highest BCUT2D eigenvalue weighted by Gasteiger charge is 2.54. The lowest BCUT2D eigenvalue weighted by atomic mass is 9.48. The summed E-state index contributed by atoms with van der Waals surface area (Å²) >= 11 is 0. The van der Waals surface area contributed by atoms with Gasteiger partial charge in [-0.05, 0) is 47.4 Å². The van der Waals surface area contributed by atoms with E-state index >= 15 is 0 Å².